The van der Waals surface area contributed by atoms with E-state index in [-0.39, 0.29) is 18.8 Å². The minimum Gasteiger partial charge on any atom is -0.364 e. The molecule has 0 fully saturated rings. The van der Waals surface area contributed by atoms with Gasteiger partial charge in [0.15, 0.2) is 0 Å². The fourth-order valence-corrected chi connectivity index (χ4v) is 3.01. The molecule has 1 unspecified atom stereocenters. The molecule has 2 amide bonds. The van der Waals surface area contributed by atoms with Crippen molar-refractivity contribution in [2.24, 2.45) is 0 Å². The molecule has 0 saturated carbocycles. The van der Waals surface area contributed by atoms with E-state index in [0.29, 0.717) is 0 Å². The molecule has 0 aromatic carbocycles. The SMILES string of the molecule is COCNC(=O)NC1CCCc2ccsc21. The highest BCUT2D eigenvalue weighted by molar-refractivity contribution is 7.10. The highest BCUT2D eigenvalue weighted by atomic mass is 32.1. The molecule has 1 heterocycles. The number of fused-ring (bicyclic) bond motifs is 1. The van der Waals surface area contributed by atoms with Crippen LogP contribution in [0.3, 0.4) is 0 Å². The lowest BCUT2D eigenvalue weighted by molar-refractivity contribution is 0.171. The summed E-state index contributed by atoms with van der Waals surface area (Å²) in [6.07, 6.45) is 3.30. The summed E-state index contributed by atoms with van der Waals surface area (Å²) in [4.78, 5) is 12.8. The van der Waals surface area contributed by atoms with Crippen molar-refractivity contribution < 1.29 is 9.53 Å². The molecule has 16 heavy (non-hydrogen) atoms. The van der Waals surface area contributed by atoms with E-state index in [2.05, 4.69) is 22.1 Å². The van der Waals surface area contributed by atoms with Gasteiger partial charge < -0.3 is 15.4 Å². The lowest BCUT2D eigenvalue weighted by Gasteiger charge is -2.23. The molecule has 1 aromatic heterocycles. The van der Waals surface area contributed by atoms with E-state index in [1.54, 1.807) is 18.4 Å². The molecule has 1 aliphatic rings. The van der Waals surface area contributed by atoms with Crippen molar-refractivity contribution in [2.75, 3.05) is 13.8 Å². The maximum absolute atomic E-state index is 11.5. The van der Waals surface area contributed by atoms with Crippen LogP contribution in [0.25, 0.3) is 0 Å². The van der Waals surface area contributed by atoms with Crippen molar-refractivity contribution in [1.29, 1.82) is 0 Å². The van der Waals surface area contributed by atoms with Crippen LogP contribution < -0.4 is 10.6 Å². The van der Waals surface area contributed by atoms with E-state index in [1.165, 1.54) is 10.4 Å². The number of carbonyl (C=O) groups is 1. The van der Waals surface area contributed by atoms with Crippen LogP contribution in [-0.4, -0.2) is 19.9 Å². The minimum atomic E-state index is -0.159. The summed E-state index contributed by atoms with van der Waals surface area (Å²) >= 11 is 1.73. The van der Waals surface area contributed by atoms with Gasteiger partial charge in [-0.1, -0.05) is 0 Å². The largest absolute Gasteiger partial charge is 0.364 e. The molecule has 0 spiro atoms. The van der Waals surface area contributed by atoms with Gasteiger partial charge in [0.2, 0.25) is 0 Å². The number of methoxy groups -OCH3 is 1. The van der Waals surface area contributed by atoms with Crippen molar-refractivity contribution in [3.63, 3.8) is 0 Å². The molecule has 0 bridgehead atoms. The summed E-state index contributed by atoms with van der Waals surface area (Å²) in [5, 5.41) is 7.71. The number of thiophene rings is 1. The molecular formula is C11H16N2O2S. The van der Waals surface area contributed by atoms with Crippen LogP contribution >= 0.6 is 11.3 Å². The van der Waals surface area contributed by atoms with Gasteiger partial charge in [0.25, 0.3) is 0 Å². The normalized spacial score (nSPS) is 18.9. The van der Waals surface area contributed by atoms with Crippen molar-refractivity contribution >= 4 is 17.4 Å². The predicted molar refractivity (Wildman–Crippen MR) is 63.5 cm³/mol. The molecule has 1 aliphatic carbocycles. The maximum Gasteiger partial charge on any atom is 0.317 e. The lowest BCUT2D eigenvalue weighted by atomic mass is 9.95. The van der Waals surface area contributed by atoms with Gasteiger partial charge >= 0.3 is 6.03 Å². The summed E-state index contributed by atoms with van der Waals surface area (Å²) in [5.41, 5.74) is 1.38. The third kappa shape index (κ3) is 2.54. The third-order valence-electron chi connectivity index (χ3n) is 2.72. The smallest absolute Gasteiger partial charge is 0.317 e. The van der Waals surface area contributed by atoms with Crippen molar-refractivity contribution in [2.45, 2.75) is 25.3 Å². The van der Waals surface area contributed by atoms with Crippen molar-refractivity contribution in [3.8, 4) is 0 Å². The fraction of sp³-hybridized carbons (Fsp3) is 0.545. The summed E-state index contributed by atoms with van der Waals surface area (Å²) in [6, 6.07) is 2.16. The average molecular weight is 240 g/mol. The summed E-state index contributed by atoms with van der Waals surface area (Å²) in [5.74, 6) is 0. The Morgan fingerprint density at radius 3 is 3.38 bits per heavy atom. The van der Waals surface area contributed by atoms with Gasteiger partial charge in [-0.25, -0.2) is 4.79 Å². The van der Waals surface area contributed by atoms with Crippen LogP contribution in [0.5, 0.6) is 0 Å². The first-order chi connectivity index (χ1) is 7.81. The van der Waals surface area contributed by atoms with Crippen LogP contribution in [-0.2, 0) is 11.2 Å². The Hall–Kier alpha value is -1.07. The number of ether oxygens (including phenoxy) is 1. The molecule has 2 rings (SSSR count). The zero-order valence-corrected chi connectivity index (χ0v) is 10.1. The van der Waals surface area contributed by atoms with Gasteiger partial charge in [-0.15, -0.1) is 11.3 Å². The first-order valence-electron chi connectivity index (χ1n) is 5.41. The Bertz CT molecular complexity index is 365. The van der Waals surface area contributed by atoms with Crippen LogP contribution in [0.4, 0.5) is 4.79 Å². The molecule has 0 aliphatic heterocycles. The van der Waals surface area contributed by atoms with E-state index in [4.69, 9.17) is 4.74 Å². The van der Waals surface area contributed by atoms with E-state index in [0.717, 1.165) is 19.3 Å². The van der Waals surface area contributed by atoms with Gasteiger partial charge in [-0.2, -0.15) is 0 Å². The van der Waals surface area contributed by atoms with E-state index < -0.39 is 0 Å². The monoisotopic (exact) mass is 240 g/mol. The number of amides is 2. The zero-order valence-electron chi connectivity index (χ0n) is 9.29. The highest BCUT2D eigenvalue weighted by Crippen LogP contribution is 2.33. The van der Waals surface area contributed by atoms with Gasteiger partial charge in [-0.3, -0.25) is 0 Å². The predicted octanol–water partition coefficient (Wildman–Crippen LogP) is 2.03. The zero-order chi connectivity index (χ0) is 11.4. The number of urea groups is 1. The molecule has 0 radical (unpaired) electrons. The van der Waals surface area contributed by atoms with Gasteiger partial charge in [-0.05, 0) is 36.3 Å². The van der Waals surface area contributed by atoms with Gasteiger partial charge in [0, 0.05) is 12.0 Å². The number of aryl methyl sites for hydroxylation is 1. The number of hydrogen-bond donors (Lipinski definition) is 2. The molecule has 5 heteroatoms. The highest BCUT2D eigenvalue weighted by Gasteiger charge is 2.22. The molecule has 88 valence electrons. The van der Waals surface area contributed by atoms with Crippen LogP contribution in [0.1, 0.15) is 29.3 Å². The third-order valence-corrected chi connectivity index (χ3v) is 3.79. The number of hydrogen-bond acceptors (Lipinski definition) is 3. The Morgan fingerprint density at radius 1 is 1.69 bits per heavy atom. The van der Waals surface area contributed by atoms with Gasteiger partial charge in [0.1, 0.15) is 6.73 Å². The lowest BCUT2D eigenvalue weighted by Crippen LogP contribution is -2.39. The Morgan fingerprint density at radius 2 is 2.56 bits per heavy atom. The van der Waals surface area contributed by atoms with E-state index in [9.17, 15) is 4.79 Å². The standard InChI is InChI=1S/C11H16N2O2S/c1-15-7-12-11(14)13-9-4-2-3-8-5-6-16-10(8)9/h5-6,9H,2-4,7H2,1H3,(H2,12,13,14). The molecule has 4 nitrogen and oxygen atoms in total. The first-order valence-corrected chi connectivity index (χ1v) is 6.29. The molecule has 0 saturated heterocycles. The van der Waals surface area contributed by atoms with Crippen LogP contribution in [0, 0.1) is 0 Å². The number of rotatable bonds is 3. The summed E-state index contributed by atoms with van der Waals surface area (Å²) in [7, 11) is 1.55. The fourth-order valence-electron chi connectivity index (χ4n) is 1.97. The van der Waals surface area contributed by atoms with E-state index in [1.807, 2.05) is 0 Å². The topological polar surface area (TPSA) is 50.4 Å². The van der Waals surface area contributed by atoms with Crippen LogP contribution in [0.2, 0.25) is 0 Å². The Labute approximate surface area is 99.0 Å². The van der Waals surface area contributed by atoms with Gasteiger partial charge in [0.05, 0.1) is 6.04 Å². The molecular weight excluding hydrogens is 224 g/mol. The molecule has 1 atom stereocenters. The minimum absolute atomic E-state index is 0.159. The van der Waals surface area contributed by atoms with E-state index >= 15 is 0 Å². The molecule has 1 aromatic rings. The first kappa shape index (κ1) is 11.4. The quantitative estimate of drug-likeness (QED) is 0.794. The number of nitrogens with one attached hydrogen (secondary N) is 2. The Kier molecular flexibility index (Phi) is 3.79. The average Bonchev–Trinajstić information content (AvgIpc) is 2.75. The summed E-state index contributed by atoms with van der Waals surface area (Å²) in [6.45, 7) is 0.246. The second-order valence-electron chi connectivity index (χ2n) is 3.84. The van der Waals surface area contributed by atoms with Crippen LogP contribution in [0.15, 0.2) is 11.4 Å². The van der Waals surface area contributed by atoms with Crippen molar-refractivity contribution in [1.82, 2.24) is 10.6 Å². The molecule has 2 N–H and O–H groups in total. The summed E-state index contributed by atoms with van der Waals surface area (Å²) < 4.78 is 4.79. The second-order valence-corrected chi connectivity index (χ2v) is 4.79. The van der Waals surface area contributed by atoms with Crippen molar-refractivity contribution in [3.05, 3.63) is 21.9 Å². The number of carbonyl (C=O) groups excluding carboxylic acids is 1. The maximum atomic E-state index is 11.5. The Balaban J connectivity index is 1.94. The second kappa shape index (κ2) is 5.32.